The highest BCUT2D eigenvalue weighted by molar-refractivity contribution is 7.90. The predicted octanol–water partition coefficient (Wildman–Crippen LogP) is 2.11. The van der Waals surface area contributed by atoms with Crippen LogP contribution in [0.5, 0.6) is 0 Å². The minimum absolute atomic E-state index is 0.0146. The number of sulfone groups is 1. The van der Waals surface area contributed by atoms with E-state index in [1.165, 1.54) is 23.5 Å². The number of thiazole rings is 1. The van der Waals surface area contributed by atoms with Crippen LogP contribution in [0.2, 0.25) is 0 Å². The van der Waals surface area contributed by atoms with E-state index in [1.807, 2.05) is 6.92 Å². The van der Waals surface area contributed by atoms with Gasteiger partial charge in [-0.3, -0.25) is 10.1 Å². The van der Waals surface area contributed by atoms with Gasteiger partial charge >= 0.3 is 0 Å². The molecular weight excluding hydrogens is 284 g/mol. The Morgan fingerprint density at radius 1 is 1.32 bits per heavy atom. The molecule has 5 nitrogen and oxygen atoms in total. The van der Waals surface area contributed by atoms with Gasteiger partial charge in [0.25, 0.3) is 5.91 Å². The molecule has 0 radical (unpaired) electrons. The van der Waals surface area contributed by atoms with Crippen molar-refractivity contribution in [1.29, 1.82) is 0 Å². The van der Waals surface area contributed by atoms with Gasteiger partial charge in [0.1, 0.15) is 0 Å². The number of hydrogen-bond donors (Lipinski definition) is 1. The van der Waals surface area contributed by atoms with E-state index in [4.69, 9.17) is 0 Å². The van der Waals surface area contributed by atoms with Crippen LogP contribution in [-0.2, 0) is 9.84 Å². The third-order valence-electron chi connectivity index (χ3n) is 2.37. The molecule has 1 N–H and O–H groups in total. The third kappa shape index (κ3) is 3.18. The number of carbonyl (C=O) groups excluding carboxylic acids is 1. The van der Waals surface area contributed by atoms with E-state index in [1.54, 1.807) is 17.5 Å². The van der Waals surface area contributed by atoms with Crippen LogP contribution in [-0.4, -0.2) is 25.6 Å². The molecule has 0 saturated carbocycles. The van der Waals surface area contributed by atoms with Gasteiger partial charge in [-0.05, 0) is 19.1 Å². The molecule has 1 heterocycles. The van der Waals surface area contributed by atoms with Crippen molar-refractivity contribution in [2.45, 2.75) is 11.8 Å². The van der Waals surface area contributed by atoms with Crippen molar-refractivity contribution in [3.8, 4) is 0 Å². The van der Waals surface area contributed by atoms with Crippen molar-refractivity contribution in [2.24, 2.45) is 0 Å². The zero-order valence-corrected chi connectivity index (χ0v) is 12.0. The highest BCUT2D eigenvalue weighted by Gasteiger charge is 2.18. The number of rotatable bonds is 3. The van der Waals surface area contributed by atoms with Gasteiger partial charge in [-0.25, -0.2) is 13.4 Å². The molecule has 1 amide bonds. The normalized spacial score (nSPS) is 11.3. The number of benzene rings is 1. The minimum atomic E-state index is -3.44. The average Bonchev–Trinajstić information content (AvgIpc) is 2.73. The summed E-state index contributed by atoms with van der Waals surface area (Å²) in [4.78, 5) is 16.2. The van der Waals surface area contributed by atoms with E-state index >= 15 is 0 Å². The molecule has 0 fully saturated rings. The average molecular weight is 296 g/mol. The van der Waals surface area contributed by atoms with Crippen LogP contribution < -0.4 is 5.32 Å². The summed E-state index contributed by atoms with van der Waals surface area (Å²) in [6, 6.07) is 6.10. The lowest BCUT2D eigenvalue weighted by molar-refractivity contribution is 0.102. The summed E-state index contributed by atoms with van der Waals surface area (Å²) in [5.41, 5.74) is 0.926. The monoisotopic (exact) mass is 296 g/mol. The molecule has 7 heteroatoms. The van der Waals surface area contributed by atoms with Crippen LogP contribution in [0.15, 0.2) is 34.5 Å². The van der Waals surface area contributed by atoms with E-state index < -0.39 is 15.7 Å². The summed E-state index contributed by atoms with van der Waals surface area (Å²) in [5.74, 6) is -0.477. The largest absolute Gasteiger partial charge is 0.298 e. The molecule has 19 heavy (non-hydrogen) atoms. The lowest BCUT2D eigenvalue weighted by atomic mass is 10.2. The Hall–Kier alpha value is -1.73. The van der Waals surface area contributed by atoms with Crippen LogP contribution in [0.1, 0.15) is 16.1 Å². The third-order valence-corrected chi connectivity index (χ3v) is 4.40. The Morgan fingerprint density at radius 3 is 2.58 bits per heavy atom. The van der Waals surface area contributed by atoms with E-state index in [0.717, 1.165) is 11.9 Å². The van der Waals surface area contributed by atoms with Gasteiger partial charge in [0.15, 0.2) is 15.0 Å². The molecule has 0 saturated heterocycles. The van der Waals surface area contributed by atoms with E-state index in [2.05, 4.69) is 10.3 Å². The zero-order chi connectivity index (χ0) is 14.0. The second-order valence-electron chi connectivity index (χ2n) is 4.02. The fourth-order valence-corrected chi connectivity index (χ4v) is 3.12. The summed E-state index contributed by atoms with van der Waals surface area (Å²) in [6.45, 7) is 1.82. The Labute approximate surface area is 115 Å². The molecule has 0 atom stereocenters. The Morgan fingerprint density at radius 2 is 2.00 bits per heavy atom. The quantitative estimate of drug-likeness (QED) is 0.941. The van der Waals surface area contributed by atoms with Crippen LogP contribution in [0.4, 0.5) is 5.13 Å². The summed E-state index contributed by atoms with van der Waals surface area (Å²) in [5, 5.41) is 4.85. The number of carbonyl (C=O) groups is 1. The second-order valence-corrected chi connectivity index (χ2v) is 6.86. The molecule has 2 aromatic rings. The van der Waals surface area contributed by atoms with Crippen LogP contribution in [0, 0.1) is 6.92 Å². The van der Waals surface area contributed by atoms with Gasteiger partial charge in [0.05, 0.1) is 16.2 Å². The first-order valence-corrected chi connectivity index (χ1v) is 8.17. The van der Waals surface area contributed by atoms with Gasteiger partial charge < -0.3 is 0 Å². The lowest BCUT2D eigenvalue weighted by Crippen LogP contribution is -2.15. The molecule has 0 unspecified atom stereocenters. The molecule has 1 aromatic heterocycles. The molecule has 0 aliphatic rings. The number of aromatic nitrogens is 1. The van der Waals surface area contributed by atoms with Crippen molar-refractivity contribution in [3.05, 3.63) is 40.9 Å². The number of aryl methyl sites for hydroxylation is 1. The van der Waals surface area contributed by atoms with Crippen molar-refractivity contribution in [1.82, 2.24) is 4.98 Å². The summed E-state index contributed by atoms with van der Waals surface area (Å²) in [6.07, 6.45) is 1.08. The van der Waals surface area contributed by atoms with Gasteiger partial charge in [-0.15, -0.1) is 11.3 Å². The maximum absolute atomic E-state index is 12.1. The SMILES string of the molecule is Cc1csc(NC(=O)c2ccccc2S(C)(=O)=O)n1. The predicted molar refractivity (Wildman–Crippen MR) is 74.4 cm³/mol. The molecule has 0 aliphatic carbocycles. The first-order valence-electron chi connectivity index (χ1n) is 5.40. The standard InChI is InChI=1S/C12H12N2O3S2/c1-8-7-18-12(13-8)14-11(15)9-5-3-4-6-10(9)19(2,16)17/h3-7H,1-2H3,(H,13,14,15). The summed E-state index contributed by atoms with van der Waals surface area (Å²) >= 11 is 1.29. The Balaban J connectivity index is 2.35. The van der Waals surface area contributed by atoms with E-state index in [9.17, 15) is 13.2 Å². The highest BCUT2D eigenvalue weighted by atomic mass is 32.2. The molecule has 2 rings (SSSR count). The fraction of sp³-hybridized carbons (Fsp3) is 0.167. The highest BCUT2D eigenvalue weighted by Crippen LogP contribution is 2.19. The first-order chi connectivity index (χ1) is 8.88. The smallest absolute Gasteiger partial charge is 0.258 e. The molecule has 0 bridgehead atoms. The molecule has 0 spiro atoms. The maximum Gasteiger partial charge on any atom is 0.258 e. The minimum Gasteiger partial charge on any atom is -0.298 e. The van der Waals surface area contributed by atoms with Gasteiger partial charge in [-0.1, -0.05) is 12.1 Å². The Bertz CT molecular complexity index is 720. The lowest BCUT2D eigenvalue weighted by Gasteiger charge is -2.06. The number of anilines is 1. The molecular formula is C12H12N2O3S2. The van der Waals surface area contributed by atoms with Gasteiger partial charge in [0, 0.05) is 11.6 Å². The molecule has 1 aromatic carbocycles. The van der Waals surface area contributed by atoms with Crippen molar-refractivity contribution < 1.29 is 13.2 Å². The van der Waals surface area contributed by atoms with Crippen molar-refractivity contribution >= 4 is 32.2 Å². The van der Waals surface area contributed by atoms with Crippen LogP contribution in [0.3, 0.4) is 0 Å². The van der Waals surface area contributed by atoms with Crippen molar-refractivity contribution in [2.75, 3.05) is 11.6 Å². The fourth-order valence-electron chi connectivity index (χ4n) is 1.55. The first kappa shape index (κ1) is 13.7. The van der Waals surface area contributed by atoms with Crippen molar-refractivity contribution in [3.63, 3.8) is 0 Å². The van der Waals surface area contributed by atoms with Gasteiger partial charge in [0.2, 0.25) is 0 Å². The number of amides is 1. The zero-order valence-electron chi connectivity index (χ0n) is 10.4. The van der Waals surface area contributed by atoms with E-state index in [-0.39, 0.29) is 10.5 Å². The maximum atomic E-state index is 12.1. The number of nitrogens with one attached hydrogen (secondary N) is 1. The summed E-state index contributed by atoms with van der Waals surface area (Å²) < 4.78 is 23.2. The molecule has 100 valence electrons. The summed E-state index contributed by atoms with van der Waals surface area (Å²) in [7, 11) is -3.44. The van der Waals surface area contributed by atoms with E-state index in [0.29, 0.717) is 5.13 Å². The topological polar surface area (TPSA) is 76.1 Å². The molecule has 0 aliphatic heterocycles. The Kier molecular flexibility index (Phi) is 3.68. The number of hydrogen-bond acceptors (Lipinski definition) is 5. The second kappa shape index (κ2) is 5.10. The van der Waals surface area contributed by atoms with Crippen LogP contribution in [0.25, 0.3) is 0 Å². The number of nitrogens with zero attached hydrogens (tertiary/aromatic N) is 1. The van der Waals surface area contributed by atoms with Gasteiger partial charge in [-0.2, -0.15) is 0 Å². The van der Waals surface area contributed by atoms with Crippen LogP contribution >= 0.6 is 11.3 Å².